The third kappa shape index (κ3) is 1.34. The van der Waals surface area contributed by atoms with Gasteiger partial charge >= 0.3 is 0 Å². The molecule has 3 aliphatic rings. The molecule has 1 heterocycles. The molecule has 0 radical (unpaired) electrons. The lowest BCUT2D eigenvalue weighted by molar-refractivity contribution is 0.0672. The Balaban J connectivity index is 1.91. The molecular weight excluding hydrogens is 308 g/mol. The molecule has 2 aromatic rings. The average molecular weight is 322 g/mol. The van der Waals surface area contributed by atoms with Crippen LogP contribution in [0.15, 0.2) is 22.8 Å². The summed E-state index contributed by atoms with van der Waals surface area (Å²) in [5, 5.41) is 10.7. The summed E-state index contributed by atoms with van der Waals surface area (Å²) < 4.78 is 5.46. The van der Waals surface area contributed by atoms with Crippen LogP contribution in [-0.2, 0) is 11.8 Å². The number of furan rings is 1. The smallest absolute Gasteiger partial charge is 0.229 e. The third-order valence-corrected chi connectivity index (χ3v) is 5.86. The van der Waals surface area contributed by atoms with Crippen LogP contribution in [-0.4, -0.2) is 28.6 Å². The molecule has 0 amide bonds. The molecule has 0 spiro atoms. The molecule has 0 saturated heterocycles. The van der Waals surface area contributed by atoms with Crippen LogP contribution in [0.4, 0.5) is 0 Å². The van der Waals surface area contributed by atoms with E-state index in [-0.39, 0.29) is 29.5 Å². The van der Waals surface area contributed by atoms with Gasteiger partial charge in [-0.25, -0.2) is 0 Å². The number of carbonyl (C=O) groups excluding carboxylic acids is 3. The number of fused-ring (bicyclic) bond motifs is 4. The molecule has 2 atom stereocenters. The van der Waals surface area contributed by atoms with Crippen molar-refractivity contribution < 1.29 is 23.9 Å². The number of Topliss-reactive ketones (excluding diaryl/α,β-unsaturated/α-hetero) is 2. The van der Waals surface area contributed by atoms with E-state index in [1.807, 2.05) is 6.92 Å². The number of hydrogen-bond acceptors (Lipinski definition) is 5. The lowest BCUT2D eigenvalue weighted by atomic mass is 9.60. The van der Waals surface area contributed by atoms with Crippen molar-refractivity contribution in [3.8, 4) is 0 Å². The zero-order valence-electron chi connectivity index (χ0n) is 13.0. The monoisotopic (exact) mass is 322 g/mol. The maximum atomic E-state index is 13.0. The van der Waals surface area contributed by atoms with E-state index in [0.717, 1.165) is 5.56 Å². The molecule has 1 aromatic carbocycles. The van der Waals surface area contributed by atoms with E-state index < -0.39 is 11.5 Å². The van der Waals surface area contributed by atoms with Crippen LogP contribution in [0.2, 0.25) is 0 Å². The fourth-order valence-corrected chi connectivity index (χ4v) is 4.56. The summed E-state index contributed by atoms with van der Waals surface area (Å²) in [4.78, 5) is 37.3. The first-order chi connectivity index (χ1) is 11.4. The van der Waals surface area contributed by atoms with Gasteiger partial charge in [0.1, 0.15) is 6.26 Å². The molecular formula is C19H14O5. The molecule has 0 aliphatic heterocycles. The third-order valence-electron chi connectivity index (χ3n) is 5.86. The first-order valence-corrected chi connectivity index (χ1v) is 8.02. The Labute approximate surface area is 137 Å². The molecule has 1 N–H and O–H groups in total. The van der Waals surface area contributed by atoms with Gasteiger partial charge in [0.2, 0.25) is 5.78 Å². The van der Waals surface area contributed by atoms with Gasteiger partial charge in [-0.1, -0.05) is 12.1 Å². The van der Waals surface area contributed by atoms with Gasteiger partial charge in [0.15, 0.2) is 17.3 Å². The second-order valence-corrected chi connectivity index (χ2v) is 6.97. The predicted molar refractivity (Wildman–Crippen MR) is 82.6 cm³/mol. The molecule has 0 fully saturated rings. The maximum absolute atomic E-state index is 13.0. The standard InChI is InChI=1S/C19H14O5/c1-19-11-4-2-8-9(3-5-12(8)20)15(11)17(23)18-16(19)10(7-24-18)13(21)6-14(19)22/h2,4,7,14,22H,3,5-6H2,1H3. The molecule has 3 aliphatic carbocycles. The molecule has 2 unspecified atom stereocenters. The van der Waals surface area contributed by atoms with E-state index in [1.54, 1.807) is 12.1 Å². The lowest BCUT2D eigenvalue weighted by Crippen LogP contribution is -2.47. The van der Waals surface area contributed by atoms with E-state index in [9.17, 15) is 19.5 Å². The van der Waals surface area contributed by atoms with E-state index in [1.165, 1.54) is 6.26 Å². The minimum absolute atomic E-state index is 0.00782. The van der Waals surface area contributed by atoms with Gasteiger partial charge in [-0.2, -0.15) is 0 Å². The van der Waals surface area contributed by atoms with Crippen molar-refractivity contribution in [2.24, 2.45) is 0 Å². The fourth-order valence-electron chi connectivity index (χ4n) is 4.56. The summed E-state index contributed by atoms with van der Waals surface area (Å²) in [6.45, 7) is 1.84. The summed E-state index contributed by atoms with van der Waals surface area (Å²) in [6, 6.07) is 3.50. The van der Waals surface area contributed by atoms with Gasteiger partial charge in [-0.05, 0) is 24.5 Å². The maximum Gasteiger partial charge on any atom is 0.229 e. The Morgan fingerprint density at radius 1 is 1.12 bits per heavy atom. The summed E-state index contributed by atoms with van der Waals surface area (Å²) in [5.74, 6) is -0.342. The Morgan fingerprint density at radius 2 is 1.92 bits per heavy atom. The molecule has 24 heavy (non-hydrogen) atoms. The number of aliphatic hydroxyl groups excluding tert-OH is 1. The van der Waals surface area contributed by atoms with Crippen molar-refractivity contribution >= 4 is 17.3 Å². The Kier molecular flexibility index (Phi) is 2.37. The van der Waals surface area contributed by atoms with Gasteiger partial charge in [0.05, 0.1) is 11.7 Å². The van der Waals surface area contributed by atoms with E-state index in [0.29, 0.717) is 40.7 Å². The van der Waals surface area contributed by atoms with E-state index in [4.69, 9.17) is 4.42 Å². The van der Waals surface area contributed by atoms with Crippen molar-refractivity contribution in [1.82, 2.24) is 0 Å². The van der Waals surface area contributed by atoms with Crippen LogP contribution in [0.3, 0.4) is 0 Å². The molecule has 0 bridgehead atoms. The number of aliphatic hydroxyl groups is 1. The number of rotatable bonds is 0. The van der Waals surface area contributed by atoms with Crippen LogP contribution in [0, 0.1) is 0 Å². The fraction of sp³-hybridized carbons (Fsp3) is 0.316. The number of benzene rings is 1. The second kappa shape index (κ2) is 4.11. The van der Waals surface area contributed by atoms with Gasteiger partial charge in [0.25, 0.3) is 0 Å². The normalized spacial score (nSPS) is 27.1. The highest BCUT2D eigenvalue weighted by molar-refractivity contribution is 6.17. The number of ketones is 3. The largest absolute Gasteiger partial charge is 0.460 e. The highest BCUT2D eigenvalue weighted by atomic mass is 16.3. The molecule has 5 nitrogen and oxygen atoms in total. The number of carbonyl (C=O) groups is 3. The number of hydrogen-bond donors (Lipinski definition) is 1. The quantitative estimate of drug-likeness (QED) is 0.804. The molecule has 5 rings (SSSR count). The highest BCUT2D eigenvalue weighted by Crippen LogP contribution is 2.51. The minimum atomic E-state index is -0.934. The highest BCUT2D eigenvalue weighted by Gasteiger charge is 2.53. The first kappa shape index (κ1) is 13.9. The summed E-state index contributed by atoms with van der Waals surface area (Å²) in [6.07, 6.45) is 1.30. The van der Waals surface area contributed by atoms with Gasteiger partial charge in [-0.3, -0.25) is 14.4 Å². The van der Waals surface area contributed by atoms with Crippen LogP contribution in [0.1, 0.15) is 73.3 Å². The van der Waals surface area contributed by atoms with Gasteiger partial charge < -0.3 is 9.52 Å². The summed E-state index contributed by atoms with van der Waals surface area (Å²) in [7, 11) is 0. The first-order valence-electron chi connectivity index (χ1n) is 8.02. The molecule has 5 heteroatoms. The predicted octanol–water partition coefficient (Wildman–Crippen LogP) is 2.21. The second-order valence-electron chi connectivity index (χ2n) is 6.97. The van der Waals surface area contributed by atoms with Crippen LogP contribution < -0.4 is 0 Å². The van der Waals surface area contributed by atoms with Crippen molar-refractivity contribution in [2.75, 3.05) is 0 Å². The van der Waals surface area contributed by atoms with E-state index >= 15 is 0 Å². The Hall–Kier alpha value is -2.53. The van der Waals surface area contributed by atoms with Crippen LogP contribution in [0.5, 0.6) is 0 Å². The zero-order chi connectivity index (χ0) is 16.8. The summed E-state index contributed by atoms with van der Waals surface area (Å²) >= 11 is 0. The van der Waals surface area contributed by atoms with Gasteiger partial charge in [0, 0.05) is 34.9 Å². The zero-order valence-corrected chi connectivity index (χ0v) is 13.0. The minimum Gasteiger partial charge on any atom is -0.460 e. The molecule has 1 aromatic heterocycles. The summed E-state index contributed by atoms with van der Waals surface area (Å²) in [5.41, 5.74) is 2.49. The molecule has 0 saturated carbocycles. The average Bonchev–Trinajstić information content (AvgIpc) is 3.16. The van der Waals surface area contributed by atoms with Crippen LogP contribution >= 0.6 is 0 Å². The van der Waals surface area contributed by atoms with Crippen molar-refractivity contribution in [3.05, 3.63) is 57.5 Å². The molecule has 120 valence electrons. The van der Waals surface area contributed by atoms with Crippen molar-refractivity contribution in [2.45, 2.75) is 37.7 Å². The van der Waals surface area contributed by atoms with Crippen LogP contribution in [0.25, 0.3) is 0 Å². The SMILES string of the molecule is CC12c3ccc4c(c3C(=O)c3occ(c31)C(=O)CC2O)CCC4=O. The lowest BCUT2D eigenvalue weighted by Gasteiger charge is -2.42. The Morgan fingerprint density at radius 3 is 2.71 bits per heavy atom. The topological polar surface area (TPSA) is 84.6 Å². The van der Waals surface area contributed by atoms with Crippen molar-refractivity contribution in [3.63, 3.8) is 0 Å². The Bertz CT molecular complexity index is 980. The van der Waals surface area contributed by atoms with Gasteiger partial charge in [-0.15, -0.1) is 0 Å². The van der Waals surface area contributed by atoms with Crippen molar-refractivity contribution in [1.29, 1.82) is 0 Å². The van der Waals surface area contributed by atoms with E-state index in [2.05, 4.69) is 0 Å².